The minimum atomic E-state index is -0.291. The summed E-state index contributed by atoms with van der Waals surface area (Å²) in [6, 6.07) is 17.9. The maximum Gasteiger partial charge on any atom is 0.256 e. The monoisotopic (exact) mass is 368 g/mol. The van der Waals surface area contributed by atoms with Crippen LogP contribution in [-0.4, -0.2) is 23.2 Å². The Bertz CT molecular complexity index is 883. The predicted octanol–water partition coefficient (Wildman–Crippen LogP) is 4.00. The number of benzene rings is 2. The zero-order valence-corrected chi connectivity index (χ0v) is 14.8. The Hall–Kier alpha value is -3.12. The van der Waals surface area contributed by atoms with Crippen LogP contribution in [0.1, 0.15) is 15.9 Å². The summed E-state index contributed by atoms with van der Waals surface area (Å²) in [7, 11) is 1.63. The van der Waals surface area contributed by atoms with Crippen molar-refractivity contribution in [2.75, 3.05) is 17.7 Å². The molecular formula is C19H17ClN4O2. The predicted molar refractivity (Wildman–Crippen MR) is 102 cm³/mol. The van der Waals surface area contributed by atoms with E-state index in [0.29, 0.717) is 28.8 Å². The molecule has 6 nitrogen and oxygen atoms in total. The van der Waals surface area contributed by atoms with Crippen LogP contribution in [0.4, 0.5) is 11.6 Å². The quantitative estimate of drug-likeness (QED) is 0.687. The van der Waals surface area contributed by atoms with Gasteiger partial charge in [-0.1, -0.05) is 29.8 Å². The summed E-state index contributed by atoms with van der Waals surface area (Å²) < 4.78 is 5.13. The number of methoxy groups -OCH3 is 1. The number of nitrogens with one attached hydrogen (secondary N) is 2. The van der Waals surface area contributed by atoms with Crippen molar-refractivity contribution in [3.8, 4) is 5.75 Å². The van der Waals surface area contributed by atoms with Crippen molar-refractivity contribution >= 4 is 29.1 Å². The molecule has 0 spiro atoms. The van der Waals surface area contributed by atoms with Crippen LogP contribution >= 0.6 is 11.6 Å². The van der Waals surface area contributed by atoms with Gasteiger partial charge >= 0.3 is 0 Å². The summed E-state index contributed by atoms with van der Waals surface area (Å²) in [6.07, 6.45) is 0. The number of rotatable bonds is 6. The third-order valence-electron chi connectivity index (χ3n) is 3.63. The molecule has 132 valence electrons. The first kappa shape index (κ1) is 17.7. The van der Waals surface area contributed by atoms with Crippen LogP contribution in [0, 0.1) is 0 Å². The Morgan fingerprint density at radius 1 is 1.04 bits per heavy atom. The highest BCUT2D eigenvalue weighted by Gasteiger charge is 2.07. The van der Waals surface area contributed by atoms with Crippen molar-refractivity contribution in [3.63, 3.8) is 0 Å². The minimum absolute atomic E-state index is 0.291. The number of halogens is 1. The van der Waals surface area contributed by atoms with Gasteiger partial charge in [0.1, 0.15) is 11.6 Å². The van der Waals surface area contributed by atoms with Crippen molar-refractivity contribution in [2.45, 2.75) is 6.54 Å². The zero-order valence-electron chi connectivity index (χ0n) is 14.1. The van der Waals surface area contributed by atoms with E-state index < -0.39 is 0 Å². The van der Waals surface area contributed by atoms with Crippen molar-refractivity contribution < 1.29 is 9.53 Å². The molecule has 1 aromatic heterocycles. The molecule has 0 radical (unpaired) electrons. The van der Waals surface area contributed by atoms with Gasteiger partial charge in [0.05, 0.1) is 7.11 Å². The van der Waals surface area contributed by atoms with E-state index in [0.717, 1.165) is 11.3 Å². The standard InChI is InChI=1S/C19H17ClN4O2/c1-26-16-7-5-13(6-8-16)12-21-17-9-10-18(24-23-17)22-19(25)14-3-2-4-15(20)11-14/h2-11H,12H2,1H3,(H,21,23)(H,22,24,25). The number of carbonyl (C=O) groups is 1. The molecule has 2 aromatic carbocycles. The van der Waals surface area contributed by atoms with Gasteiger partial charge in [-0.15, -0.1) is 10.2 Å². The number of carbonyl (C=O) groups excluding carboxylic acids is 1. The second-order valence-corrected chi connectivity index (χ2v) is 5.91. The molecule has 0 saturated heterocycles. The van der Waals surface area contributed by atoms with Crippen molar-refractivity contribution in [3.05, 3.63) is 76.8 Å². The number of hydrogen-bond acceptors (Lipinski definition) is 5. The van der Waals surface area contributed by atoms with Crippen LogP contribution in [0.5, 0.6) is 5.75 Å². The fourth-order valence-electron chi connectivity index (χ4n) is 2.25. The molecule has 3 rings (SSSR count). The summed E-state index contributed by atoms with van der Waals surface area (Å²) >= 11 is 5.89. The highest BCUT2D eigenvalue weighted by Crippen LogP contribution is 2.14. The van der Waals surface area contributed by atoms with Gasteiger partial charge in [0.15, 0.2) is 5.82 Å². The lowest BCUT2D eigenvalue weighted by molar-refractivity contribution is 0.102. The lowest BCUT2D eigenvalue weighted by atomic mass is 10.2. The fraction of sp³-hybridized carbons (Fsp3) is 0.105. The molecule has 0 aliphatic carbocycles. The maximum absolute atomic E-state index is 12.2. The summed E-state index contributed by atoms with van der Waals surface area (Å²) in [4.78, 5) is 12.2. The van der Waals surface area contributed by atoms with E-state index in [1.54, 1.807) is 43.5 Å². The Kier molecular flexibility index (Phi) is 5.66. The topological polar surface area (TPSA) is 76.1 Å². The van der Waals surface area contributed by atoms with Gasteiger partial charge in [-0.25, -0.2) is 0 Å². The van der Waals surface area contributed by atoms with Crippen LogP contribution < -0.4 is 15.4 Å². The molecule has 7 heteroatoms. The van der Waals surface area contributed by atoms with Crippen LogP contribution in [0.3, 0.4) is 0 Å². The first-order valence-corrected chi connectivity index (χ1v) is 8.29. The van der Waals surface area contributed by atoms with E-state index in [-0.39, 0.29) is 5.91 Å². The van der Waals surface area contributed by atoms with Crippen molar-refractivity contribution in [2.24, 2.45) is 0 Å². The lowest BCUT2D eigenvalue weighted by Gasteiger charge is -2.08. The smallest absolute Gasteiger partial charge is 0.256 e. The average Bonchev–Trinajstić information content (AvgIpc) is 2.68. The average molecular weight is 369 g/mol. The Morgan fingerprint density at radius 3 is 2.42 bits per heavy atom. The number of nitrogens with zero attached hydrogens (tertiary/aromatic N) is 2. The number of hydrogen-bond donors (Lipinski definition) is 2. The lowest BCUT2D eigenvalue weighted by Crippen LogP contribution is -2.13. The molecule has 1 amide bonds. The Balaban J connectivity index is 1.56. The van der Waals surface area contributed by atoms with Gasteiger partial charge in [0.25, 0.3) is 5.91 Å². The molecule has 0 atom stereocenters. The zero-order chi connectivity index (χ0) is 18.4. The second-order valence-electron chi connectivity index (χ2n) is 5.47. The number of amides is 1. The SMILES string of the molecule is COc1ccc(CNc2ccc(NC(=O)c3cccc(Cl)c3)nn2)cc1. The summed E-state index contributed by atoms with van der Waals surface area (Å²) in [5.41, 5.74) is 1.55. The van der Waals surface area contributed by atoms with Gasteiger partial charge in [-0.2, -0.15) is 0 Å². The molecule has 0 fully saturated rings. The third-order valence-corrected chi connectivity index (χ3v) is 3.86. The molecule has 0 bridgehead atoms. The van der Waals surface area contributed by atoms with Crippen LogP contribution in [-0.2, 0) is 6.54 Å². The molecule has 0 saturated carbocycles. The number of anilines is 2. The van der Waals surface area contributed by atoms with E-state index in [9.17, 15) is 4.79 Å². The van der Waals surface area contributed by atoms with Gasteiger partial charge in [-0.3, -0.25) is 4.79 Å². The van der Waals surface area contributed by atoms with E-state index in [4.69, 9.17) is 16.3 Å². The van der Waals surface area contributed by atoms with E-state index in [2.05, 4.69) is 20.8 Å². The largest absolute Gasteiger partial charge is 0.497 e. The summed E-state index contributed by atoms with van der Waals surface area (Å²) in [5, 5.41) is 14.4. The van der Waals surface area contributed by atoms with Crippen molar-refractivity contribution in [1.82, 2.24) is 10.2 Å². The van der Waals surface area contributed by atoms with Crippen LogP contribution in [0.15, 0.2) is 60.7 Å². The first-order valence-electron chi connectivity index (χ1n) is 7.91. The molecule has 0 aliphatic heterocycles. The van der Waals surface area contributed by atoms with Crippen LogP contribution in [0.25, 0.3) is 0 Å². The van der Waals surface area contributed by atoms with Gasteiger partial charge < -0.3 is 15.4 Å². The van der Waals surface area contributed by atoms with Gasteiger partial charge in [-0.05, 0) is 48.0 Å². The number of aromatic nitrogens is 2. The second kappa shape index (κ2) is 8.31. The fourth-order valence-corrected chi connectivity index (χ4v) is 2.44. The maximum atomic E-state index is 12.2. The highest BCUT2D eigenvalue weighted by molar-refractivity contribution is 6.31. The third kappa shape index (κ3) is 4.70. The molecule has 3 aromatic rings. The summed E-state index contributed by atoms with van der Waals surface area (Å²) in [5.74, 6) is 1.50. The van der Waals surface area contributed by atoms with Gasteiger partial charge in [0, 0.05) is 17.1 Å². The van der Waals surface area contributed by atoms with Crippen LogP contribution in [0.2, 0.25) is 5.02 Å². The van der Waals surface area contributed by atoms with E-state index in [1.807, 2.05) is 24.3 Å². The molecule has 0 unspecified atom stereocenters. The molecule has 1 heterocycles. The van der Waals surface area contributed by atoms with Crippen molar-refractivity contribution in [1.29, 1.82) is 0 Å². The number of ether oxygens (including phenoxy) is 1. The summed E-state index contributed by atoms with van der Waals surface area (Å²) in [6.45, 7) is 0.604. The molecular weight excluding hydrogens is 352 g/mol. The highest BCUT2D eigenvalue weighted by atomic mass is 35.5. The Morgan fingerprint density at radius 2 is 1.77 bits per heavy atom. The minimum Gasteiger partial charge on any atom is -0.497 e. The van der Waals surface area contributed by atoms with E-state index in [1.165, 1.54) is 0 Å². The normalized spacial score (nSPS) is 10.2. The molecule has 26 heavy (non-hydrogen) atoms. The first-order chi connectivity index (χ1) is 12.6. The van der Waals surface area contributed by atoms with Gasteiger partial charge in [0.2, 0.25) is 0 Å². The van der Waals surface area contributed by atoms with E-state index >= 15 is 0 Å². The Labute approximate surface area is 156 Å². The molecule has 2 N–H and O–H groups in total. The molecule has 0 aliphatic rings.